The summed E-state index contributed by atoms with van der Waals surface area (Å²) in [6.07, 6.45) is -0.118. The summed E-state index contributed by atoms with van der Waals surface area (Å²) in [5.41, 5.74) is -0.190. The molecule has 1 amide bonds. The topological polar surface area (TPSA) is 58.2 Å². The van der Waals surface area contributed by atoms with Crippen LogP contribution in [-0.2, 0) is 4.79 Å². The molecule has 0 saturated carbocycles. The second kappa shape index (κ2) is 9.39. The van der Waals surface area contributed by atoms with E-state index in [0.717, 1.165) is 12.1 Å². The van der Waals surface area contributed by atoms with Crippen LogP contribution in [0.2, 0.25) is 0 Å². The van der Waals surface area contributed by atoms with Crippen molar-refractivity contribution in [2.75, 3.05) is 20.1 Å². The Bertz CT molecular complexity index is 470. The van der Waals surface area contributed by atoms with E-state index in [-0.39, 0.29) is 36.7 Å². The van der Waals surface area contributed by atoms with Gasteiger partial charge in [-0.05, 0) is 19.2 Å². The van der Waals surface area contributed by atoms with Gasteiger partial charge in [0.25, 0.3) is 0 Å². The Hall–Kier alpha value is -1.53. The number of rotatable bonds is 7. The number of hydrogen-bond donors (Lipinski definition) is 2. The molecule has 0 saturated heterocycles. The average molecular weight is 307 g/mol. The molecule has 0 aromatic heterocycles. The van der Waals surface area contributed by atoms with Gasteiger partial charge in [-0.3, -0.25) is 9.59 Å². The molecule has 0 bridgehead atoms. The zero-order chi connectivity index (χ0) is 14.3. The van der Waals surface area contributed by atoms with Crippen molar-refractivity contribution in [1.29, 1.82) is 0 Å². The van der Waals surface area contributed by atoms with Gasteiger partial charge in [-0.2, -0.15) is 0 Å². The Labute approximate surface area is 122 Å². The maximum absolute atomic E-state index is 13.3. The van der Waals surface area contributed by atoms with Crippen molar-refractivity contribution in [1.82, 2.24) is 10.6 Å². The van der Waals surface area contributed by atoms with Gasteiger partial charge in [-0.25, -0.2) is 8.78 Å². The largest absolute Gasteiger partial charge is 0.355 e. The molecule has 2 N–H and O–H groups in total. The van der Waals surface area contributed by atoms with Crippen LogP contribution >= 0.6 is 12.4 Å². The molecule has 0 spiro atoms. The molecule has 0 fully saturated rings. The van der Waals surface area contributed by atoms with Gasteiger partial charge >= 0.3 is 0 Å². The van der Waals surface area contributed by atoms with Crippen LogP contribution in [-0.4, -0.2) is 31.8 Å². The van der Waals surface area contributed by atoms with Crippen molar-refractivity contribution < 1.29 is 18.4 Å². The molecule has 20 heavy (non-hydrogen) atoms. The van der Waals surface area contributed by atoms with Gasteiger partial charge in [0, 0.05) is 32.0 Å². The van der Waals surface area contributed by atoms with E-state index in [1.165, 1.54) is 0 Å². The van der Waals surface area contributed by atoms with Crippen molar-refractivity contribution >= 4 is 24.1 Å². The van der Waals surface area contributed by atoms with Crippen LogP contribution in [0.1, 0.15) is 23.2 Å². The van der Waals surface area contributed by atoms with E-state index in [4.69, 9.17) is 0 Å². The quantitative estimate of drug-likeness (QED) is 0.595. The van der Waals surface area contributed by atoms with Gasteiger partial charge in [0.2, 0.25) is 5.91 Å². The molecular formula is C13H17ClF2N2O2. The molecule has 4 nitrogen and oxygen atoms in total. The first-order chi connectivity index (χ1) is 9.04. The minimum Gasteiger partial charge on any atom is -0.355 e. The summed E-state index contributed by atoms with van der Waals surface area (Å²) in [5.74, 6) is -2.42. The zero-order valence-electron chi connectivity index (χ0n) is 11.0. The Balaban J connectivity index is 0.00000361. The van der Waals surface area contributed by atoms with Crippen LogP contribution in [0.15, 0.2) is 18.2 Å². The maximum atomic E-state index is 13.3. The second-order valence-corrected chi connectivity index (χ2v) is 4.00. The lowest BCUT2D eigenvalue weighted by atomic mass is 10.1. The standard InChI is InChI=1S/C13H16F2N2O2.ClH/c1-16-6-7-17-13(19)5-4-12(18)10-3-2-9(14)8-11(10)15;/h2-3,8,16H,4-7H2,1H3,(H,17,19);1H. The number of ketones is 1. The number of Topliss-reactive ketones (excluding diaryl/α,β-unsaturated/α-hetero) is 1. The van der Waals surface area contributed by atoms with Gasteiger partial charge in [0.05, 0.1) is 5.56 Å². The molecule has 112 valence electrons. The fraction of sp³-hybridized carbons (Fsp3) is 0.385. The Morgan fingerprint density at radius 2 is 1.85 bits per heavy atom. The average Bonchev–Trinajstić information content (AvgIpc) is 2.36. The van der Waals surface area contributed by atoms with Crippen LogP contribution in [0.3, 0.4) is 0 Å². The number of likely N-dealkylation sites (N-methyl/N-ethyl adjacent to an activating group) is 1. The van der Waals surface area contributed by atoms with Crippen molar-refractivity contribution in [2.45, 2.75) is 12.8 Å². The summed E-state index contributed by atoms with van der Waals surface area (Å²) in [6.45, 7) is 1.10. The van der Waals surface area contributed by atoms with Crippen molar-refractivity contribution in [3.63, 3.8) is 0 Å². The van der Waals surface area contributed by atoms with Gasteiger partial charge in [0.15, 0.2) is 5.78 Å². The number of carbonyl (C=O) groups excluding carboxylic acids is 2. The number of carbonyl (C=O) groups is 2. The lowest BCUT2D eigenvalue weighted by Crippen LogP contribution is -2.30. The highest BCUT2D eigenvalue weighted by atomic mass is 35.5. The van der Waals surface area contributed by atoms with E-state index in [1.54, 1.807) is 7.05 Å². The first-order valence-corrected chi connectivity index (χ1v) is 5.94. The summed E-state index contributed by atoms with van der Waals surface area (Å²) in [4.78, 5) is 23.0. The van der Waals surface area contributed by atoms with Crippen LogP contribution in [0, 0.1) is 11.6 Å². The van der Waals surface area contributed by atoms with Gasteiger partial charge < -0.3 is 10.6 Å². The highest BCUT2D eigenvalue weighted by Crippen LogP contribution is 2.12. The minimum atomic E-state index is -0.902. The summed E-state index contributed by atoms with van der Waals surface area (Å²) < 4.78 is 26.0. The third-order valence-electron chi connectivity index (χ3n) is 2.51. The number of amides is 1. The zero-order valence-corrected chi connectivity index (χ0v) is 11.9. The van der Waals surface area contributed by atoms with E-state index < -0.39 is 17.4 Å². The fourth-order valence-corrected chi connectivity index (χ4v) is 1.49. The minimum absolute atomic E-state index is 0. The summed E-state index contributed by atoms with van der Waals surface area (Å²) in [5, 5.41) is 5.47. The summed E-state index contributed by atoms with van der Waals surface area (Å²) in [7, 11) is 1.76. The van der Waals surface area contributed by atoms with Gasteiger partial charge in [-0.1, -0.05) is 0 Å². The molecule has 0 aliphatic rings. The molecule has 1 rings (SSSR count). The third kappa shape index (κ3) is 6.08. The molecular weight excluding hydrogens is 290 g/mol. The second-order valence-electron chi connectivity index (χ2n) is 4.00. The van der Waals surface area contributed by atoms with E-state index in [2.05, 4.69) is 10.6 Å². The monoisotopic (exact) mass is 306 g/mol. The van der Waals surface area contributed by atoms with Crippen LogP contribution < -0.4 is 10.6 Å². The maximum Gasteiger partial charge on any atom is 0.220 e. The van der Waals surface area contributed by atoms with Crippen LogP contribution in [0.4, 0.5) is 8.78 Å². The first kappa shape index (κ1) is 18.5. The van der Waals surface area contributed by atoms with E-state index in [9.17, 15) is 18.4 Å². The molecule has 1 aromatic carbocycles. The summed E-state index contributed by atoms with van der Waals surface area (Å²) >= 11 is 0. The fourth-order valence-electron chi connectivity index (χ4n) is 1.49. The number of hydrogen-bond acceptors (Lipinski definition) is 3. The van der Waals surface area contributed by atoms with Crippen molar-refractivity contribution in [3.8, 4) is 0 Å². The smallest absolute Gasteiger partial charge is 0.220 e. The number of benzene rings is 1. The number of nitrogens with one attached hydrogen (secondary N) is 2. The van der Waals surface area contributed by atoms with Crippen molar-refractivity contribution in [2.24, 2.45) is 0 Å². The molecule has 0 aliphatic heterocycles. The predicted octanol–water partition coefficient (Wildman–Crippen LogP) is 1.69. The van der Waals surface area contributed by atoms with Crippen LogP contribution in [0.5, 0.6) is 0 Å². The molecule has 0 heterocycles. The van der Waals surface area contributed by atoms with E-state index in [0.29, 0.717) is 19.2 Å². The lowest BCUT2D eigenvalue weighted by molar-refractivity contribution is -0.121. The van der Waals surface area contributed by atoms with Crippen molar-refractivity contribution in [3.05, 3.63) is 35.4 Å². The Morgan fingerprint density at radius 1 is 1.15 bits per heavy atom. The normalized spacial score (nSPS) is 9.75. The SMILES string of the molecule is CNCCNC(=O)CCC(=O)c1ccc(F)cc1F.Cl. The summed E-state index contributed by atoms with van der Waals surface area (Å²) in [6, 6.07) is 2.76. The molecule has 0 atom stereocenters. The highest BCUT2D eigenvalue weighted by Gasteiger charge is 2.13. The van der Waals surface area contributed by atoms with E-state index >= 15 is 0 Å². The lowest BCUT2D eigenvalue weighted by Gasteiger charge is -2.05. The molecule has 0 unspecified atom stereocenters. The highest BCUT2D eigenvalue weighted by molar-refractivity contribution is 5.98. The van der Waals surface area contributed by atoms with Gasteiger partial charge in [0.1, 0.15) is 11.6 Å². The Morgan fingerprint density at radius 3 is 2.45 bits per heavy atom. The van der Waals surface area contributed by atoms with E-state index in [1.807, 2.05) is 0 Å². The number of halogens is 3. The molecule has 1 aromatic rings. The Kier molecular flexibility index (Phi) is 8.67. The molecule has 0 aliphatic carbocycles. The van der Waals surface area contributed by atoms with Gasteiger partial charge in [-0.15, -0.1) is 12.4 Å². The molecule has 0 radical (unpaired) electrons. The first-order valence-electron chi connectivity index (χ1n) is 5.94. The van der Waals surface area contributed by atoms with Crippen LogP contribution in [0.25, 0.3) is 0 Å². The third-order valence-corrected chi connectivity index (χ3v) is 2.51. The predicted molar refractivity (Wildman–Crippen MR) is 74.1 cm³/mol. The molecule has 7 heteroatoms.